The smallest absolute Gasteiger partial charge is 0.224 e. The number of benzene rings is 4. The molecule has 0 radical (unpaired) electrons. The van der Waals surface area contributed by atoms with Crippen molar-refractivity contribution in [3.05, 3.63) is 77.5 Å². The summed E-state index contributed by atoms with van der Waals surface area (Å²) in [5.41, 5.74) is 9.76. The summed E-state index contributed by atoms with van der Waals surface area (Å²) in [6, 6.07) is 21.5. The first-order valence-electron chi connectivity index (χ1n) is 14.3. The topological polar surface area (TPSA) is 8.29 Å². The minimum absolute atomic E-state index is 0.239. The zero-order chi connectivity index (χ0) is 27.6. The normalized spacial score (nSPS) is 13.4. The maximum absolute atomic E-state index is 2.62. The van der Waals surface area contributed by atoms with Crippen LogP contribution in [0.5, 0.6) is 0 Å². The Bertz CT molecular complexity index is 2130. The molecule has 39 heavy (non-hydrogen) atoms. The van der Waals surface area contributed by atoms with Crippen LogP contribution in [0.4, 0.5) is 0 Å². The first-order valence-corrected chi connectivity index (χ1v) is 17.8. The molecule has 0 unspecified atom stereocenters. The van der Waals surface area contributed by atoms with Gasteiger partial charge in [0.1, 0.15) is 7.05 Å². The van der Waals surface area contributed by atoms with Gasteiger partial charge in [-0.15, -0.1) is 0 Å². The van der Waals surface area contributed by atoms with Gasteiger partial charge in [-0.1, -0.05) is 75.9 Å². The van der Waals surface area contributed by atoms with Gasteiger partial charge in [0, 0.05) is 22.2 Å². The van der Waals surface area contributed by atoms with Crippen LogP contribution in [0.3, 0.4) is 0 Å². The van der Waals surface area contributed by atoms with E-state index in [1.165, 1.54) is 76.5 Å². The Kier molecular flexibility index (Phi) is 4.93. The molecule has 3 heterocycles. The van der Waals surface area contributed by atoms with Gasteiger partial charge in [0.2, 0.25) is 5.52 Å². The third-order valence-electron chi connectivity index (χ3n) is 8.91. The molecule has 0 N–H and O–H groups in total. The standard InChI is InChI=1S/C36H39N2Si/c1-21-17-28-25-14-13-23(20-36(3,4)5)18-29(25)38-30-19-27-24(11-10-12-31(27)39(7,8)9)26-15-16-37(6)35(33(26)30)32(22(21)2)34(28)38/h10-19H,20H2,1-9H3/q+1. The second kappa shape index (κ2) is 7.82. The summed E-state index contributed by atoms with van der Waals surface area (Å²) in [6.07, 6.45) is 3.34. The second-order valence-electron chi connectivity index (χ2n) is 14.1. The van der Waals surface area contributed by atoms with Crippen molar-refractivity contribution in [2.24, 2.45) is 12.5 Å². The number of nitrogens with zero attached hydrogens (tertiary/aromatic N) is 2. The van der Waals surface area contributed by atoms with Gasteiger partial charge in [-0.25, -0.2) is 4.57 Å². The first-order chi connectivity index (χ1) is 18.3. The van der Waals surface area contributed by atoms with Crippen LogP contribution >= 0.6 is 0 Å². The highest BCUT2D eigenvalue weighted by molar-refractivity contribution is 6.90. The molecule has 0 aliphatic heterocycles. The average molecular weight is 528 g/mol. The maximum Gasteiger partial charge on any atom is 0.224 e. The van der Waals surface area contributed by atoms with Gasteiger partial charge in [-0.05, 0) is 71.3 Å². The molecule has 0 spiro atoms. The Morgan fingerprint density at radius 2 is 1.54 bits per heavy atom. The minimum atomic E-state index is -1.57. The van der Waals surface area contributed by atoms with E-state index in [0.29, 0.717) is 0 Å². The van der Waals surface area contributed by atoms with Gasteiger partial charge in [-0.2, -0.15) is 0 Å². The van der Waals surface area contributed by atoms with Gasteiger partial charge in [0.15, 0.2) is 6.20 Å². The molecule has 0 aliphatic carbocycles. The molecule has 7 aromatic rings. The molecule has 3 heteroatoms. The molecule has 4 aromatic carbocycles. The summed E-state index contributed by atoms with van der Waals surface area (Å²) in [6.45, 7) is 19.0. The molecule has 0 fully saturated rings. The van der Waals surface area contributed by atoms with Crippen LogP contribution in [0.1, 0.15) is 37.5 Å². The number of pyridine rings is 2. The van der Waals surface area contributed by atoms with E-state index < -0.39 is 8.07 Å². The van der Waals surface area contributed by atoms with Crippen molar-refractivity contribution < 1.29 is 4.57 Å². The van der Waals surface area contributed by atoms with Gasteiger partial charge >= 0.3 is 0 Å². The van der Waals surface area contributed by atoms with Crippen molar-refractivity contribution in [3.63, 3.8) is 0 Å². The largest absolute Gasteiger partial charge is 0.307 e. The lowest BCUT2D eigenvalue weighted by Gasteiger charge is -2.21. The van der Waals surface area contributed by atoms with Gasteiger partial charge < -0.3 is 4.40 Å². The van der Waals surface area contributed by atoms with E-state index in [2.05, 4.69) is 131 Å². The second-order valence-corrected chi connectivity index (χ2v) is 19.2. The van der Waals surface area contributed by atoms with Crippen LogP contribution in [0.15, 0.2) is 60.8 Å². The van der Waals surface area contributed by atoms with Crippen molar-refractivity contribution >= 4 is 73.0 Å². The van der Waals surface area contributed by atoms with Crippen molar-refractivity contribution in [3.8, 4) is 0 Å². The van der Waals surface area contributed by atoms with Crippen LogP contribution in [0, 0.1) is 19.3 Å². The molecule has 0 aliphatic rings. The molecule has 0 atom stereocenters. The van der Waals surface area contributed by atoms with Gasteiger partial charge in [-0.3, -0.25) is 0 Å². The Hall–Kier alpha value is -3.43. The molecule has 0 bridgehead atoms. The van der Waals surface area contributed by atoms with Crippen molar-refractivity contribution in [2.45, 2.75) is 60.7 Å². The van der Waals surface area contributed by atoms with Crippen LogP contribution in [-0.4, -0.2) is 12.5 Å². The van der Waals surface area contributed by atoms with E-state index in [1.807, 2.05) is 0 Å². The molecule has 7 rings (SSSR count). The average Bonchev–Trinajstić information content (AvgIpc) is 3.16. The highest BCUT2D eigenvalue weighted by atomic mass is 28.3. The maximum atomic E-state index is 2.62. The van der Waals surface area contributed by atoms with Crippen LogP contribution in [0.25, 0.3) is 59.8 Å². The van der Waals surface area contributed by atoms with Gasteiger partial charge in [0.05, 0.1) is 35.4 Å². The fraction of sp³-hybridized carbons (Fsp3) is 0.306. The SMILES string of the molecule is Cc1cc2c3ccc(CC(C)(C)C)cc3n3c4cc5c([Si](C)(C)C)cccc5c5cc[n+](C)c(c(c1C)c23)c54. The highest BCUT2D eigenvalue weighted by Gasteiger charge is 2.27. The Labute approximate surface area is 232 Å². The fourth-order valence-electron chi connectivity index (χ4n) is 7.14. The predicted molar refractivity (Wildman–Crippen MR) is 173 cm³/mol. The fourth-order valence-corrected chi connectivity index (χ4v) is 8.75. The lowest BCUT2D eigenvalue weighted by Crippen LogP contribution is -2.38. The number of hydrogen-bond acceptors (Lipinski definition) is 0. The van der Waals surface area contributed by atoms with Gasteiger partial charge in [0.25, 0.3) is 0 Å². The third kappa shape index (κ3) is 3.42. The zero-order valence-electron chi connectivity index (χ0n) is 24.9. The van der Waals surface area contributed by atoms with Crippen LogP contribution < -0.4 is 9.75 Å². The number of aromatic nitrogens is 2. The third-order valence-corrected chi connectivity index (χ3v) is 11.0. The Morgan fingerprint density at radius 3 is 2.26 bits per heavy atom. The Balaban J connectivity index is 1.83. The summed E-state index contributed by atoms with van der Waals surface area (Å²) in [4.78, 5) is 0. The van der Waals surface area contributed by atoms with E-state index in [9.17, 15) is 0 Å². The van der Waals surface area contributed by atoms with Crippen molar-refractivity contribution in [1.29, 1.82) is 0 Å². The lowest BCUT2D eigenvalue weighted by atomic mass is 9.88. The summed E-state index contributed by atoms with van der Waals surface area (Å²) >= 11 is 0. The van der Waals surface area contributed by atoms with E-state index in [0.717, 1.165) is 6.42 Å². The summed E-state index contributed by atoms with van der Waals surface area (Å²) in [7, 11) is 0.651. The first kappa shape index (κ1) is 24.6. The number of rotatable bonds is 2. The minimum Gasteiger partial charge on any atom is -0.307 e. The quantitative estimate of drug-likeness (QED) is 0.0919. The number of aryl methyl sites for hydroxylation is 3. The van der Waals surface area contributed by atoms with Crippen molar-refractivity contribution in [2.75, 3.05) is 0 Å². The highest BCUT2D eigenvalue weighted by Crippen LogP contribution is 2.43. The van der Waals surface area contributed by atoms with E-state index >= 15 is 0 Å². The molecule has 0 amide bonds. The zero-order valence-corrected chi connectivity index (χ0v) is 25.9. The lowest BCUT2D eigenvalue weighted by molar-refractivity contribution is -0.643. The molecule has 3 aromatic heterocycles. The molecule has 2 nitrogen and oxygen atoms in total. The van der Waals surface area contributed by atoms with Crippen LogP contribution in [0.2, 0.25) is 19.6 Å². The van der Waals surface area contributed by atoms with E-state index in [1.54, 1.807) is 5.19 Å². The van der Waals surface area contributed by atoms with E-state index in [4.69, 9.17) is 0 Å². The molecular formula is C36H39N2Si+. The van der Waals surface area contributed by atoms with E-state index in [-0.39, 0.29) is 5.41 Å². The predicted octanol–water partition coefficient (Wildman–Crippen LogP) is 8.72. The monoisotopic (exact) mass is 527 g/mol. The Morgan fingerprint density at radius 1 is 0.769 bits per heavy atom. The molecular weight excluding hydrogens is 488 g/mol. The summed E-state index contributed by atoms with van der Waals surface area (Å²) in [5.74, 6) is 0. The molecule has 0 saturated heterocycles. The van der Waals surface area contributed by atoms with Crippen molar-refractivity contribution in [1.82, 2.24) is 4.40 Å². The van der Waals surface area contributed by atoms with Crippen LogP contribution in [-0.2, 0) is 13.5 Å². The summed E-state index contributed by atoms with van der Waals surface area (Å²) < 4.78 is 4.97. The molecule has 0 saturated carbocycles. The molecule has 196 valence electrons. The number of hydrogen-bond donors (Lipinski definition) is 0. The summed E-state index contributed by atoms with van der Waals surface area (Å²) in [5, 5.41) is 11.2. The number of fused-ring (bicyclic) bond motifs is 7.